The van der Waals surface area contributed by atoms with Crippen molar-refractivity contribution in [2.45, 2.75) is 259 Å². The van der Waals surface area contributed by atoms with Gasteiger partial charge in [-0.15, -0.1) is 0 Å². The van der Waals surface area contributed by atoms with E-state index in [0.29, 0.717) is 5.41 Å². The minimum Gasteiger partial charge on any atom is -0.312 e. The van der Waals surface area contributed by atoms with Crippen LogP contribution in [0.5, 0.6) is 0 Å². The van der Waals surface area contributed by atoms with E-state index in [4.69, 9.17) is 27.1 Å². The summed E-state index contributed by atoms with van der Waals surface area (Å²) in [6, 6.07) is 0. The molecular weight excluding hydrogens is 722 g/mol. The maximum Gasteiger partial charge on any atom is 0.332 e. The SMILES string of the molecule is CCCCCCCCOP(OCCCCCCCC)OC1CCC(C(C)(C)C2CCC(OP(OCCCCCCCC)OCCCCCCCC)CC2)CC1. The molecule has 2 fully saturated rings. The van der Waals surface area contributed by atoms with Crippen LogP contribution in [0.4, 0.5) is 0 Å². The summed E-state index contributed by atoms with van der Waals surface area (Å²) in [5.41, 5.74) is 0.330. The fraction of sp³-hybridized carbons (Fsp3) is 1.00. The Hall–Kier alpha value is 0.620. The van der Waals surface area contributed by atoms with Gasteiger partial charge in [-0.2, -0.15) is 0 Å². The summed E-state index contributed by atoms with van der Waals surface area (Å²) in [7, 11) is -2.51. The normalized spacial score (nSPS) is 20.9. The zero-order valence-electron chi connectivity index (χ0n) is 37.6. The summed E-state index contributed by atoms with van der Waals surface area (Å²) in [5, 5.41) is 0. The Balaban J connectivity index is 1.78. The average molecular weight is 817 g/mol. The molecule has 55 heavy (non-hydrogen) atoms. The summed E-state index contributed by atoms with van der Waals surface area (Å²) >= 11 is 0. The minimum absolute atomic E-state index is 0.267. The molecule has 2 rings (SSSR count). The molecule has 0 amide bonds. The molecule has 8 heteroatoms. The first-order chi connectivity index (χ1) is 26.9. The lowest BCUT2D eigenvalue weighted by Crippen LogP contribution is -2.38. The van der Waals surface area contributed by atoms with Gasteiger partial charge in [-0.3, -0.25) is 0 Å². The summed E-state index contributed by atoms with van der Waals surface area (Å²) in [5.74, 6) is 1.49. The quantitative estimate of drug-likeness (QED) is 0.0457. The zero-order chi connectivity index (χ0) is 39.7. The van der Waals surface area contributed by atoms with Gasteiger partial charge < -0.3 is 27.1 Å². The highest BCUT2D eigenvalue weighted by molar-refractivity contribution is 7.42. The Morgan fingerprint density at radius 2 is 0.582 bits per heavy atom. The topological polar surface area (TPSA) is 55.4 Å². The van der Waals surface area contributed by atoms with Crippen molar-refractivity contribution in [1.82, 2.24) is 0 Å². The standard InChI is InChI=1S/C47H94O6P2/c1-7-11-15-19-23-27-39-48-54(49-40-28-24-20-16-12-8-2)52-45-35-31-43(32-36-45)47(5,6)44-33-37-46(38-34-44)53-55(50-41-29-25-21-17-13-9-3)51-42-30-26-22-18-14-10-4/h43-46H,7-42H2,1-6H3. The summed E-state index contributed by atoms with van der Waals surface area (Å²) in [4.78, 5) is 0. The predicted octanol–water partition coefficient (Wildman–Crippen LogP) is 17.1. The third kappa shape index (κ3) is 25.8. The van der Waals surface area contributed by atoms with E-state index in [2.05, 4.69) is 41.5 Å². The van der Waals surface area contributed by atoms with E-state index in [9.17, 15) is 0 Å². The van der Waals surface area contributed by atoms with Crippen LogP contribution in [0.3, 0.4) is 0 Å². The lowest BCUT2D eigenvalue weighted by Gasteiger charge is -2.46. The minimum atomic E-state index is -1.26. The van der Waals surface area contributed by atoms with Crippen LogP contribution in [0.2, 0.25) is 0 Å². The molecule has 0 unspecified atom stereocenters. The van der Waals surface area contributed by atoms with Crippen LogP contribution in [0.25, 0.3) is 0 Å². The Kier molecular flexibility index (Phi) is 33.3. The van der Waals surface area contributed by atoms with E-state index in [0.717, 1.165) is 89.6 Å². The van der Waals surface area contributed by atoms with Crippen molar-refractivity contribution in [3.8, 4) is 0 Å². The monoisotopic (exact) mass is 817 g/mol. The maximum absolute atomic E-state index is 6.63. The molecule has 0 spiro atoms. The van der Waals surface area contributed by atoms with Crippen molar-refractivity contribution in [2.24, 2.45) is 17.3 Å². The van der Waals surface area contributed by atoms with E-state index in [1.807, 2.05) is 0 Å². The van der Waals surface area contributed by atoms with Gasteiger partial charge >= 0.3 is 17.2 Å². The third-order valence-corrected chi connectivity index (χ3v) is 15.2. The fourth-order valence-corrected chi connectivity index (χ4v) is 11.1. The van der Waals surface area contributed by atoms with Crippen molar-refractivity contribution in [3.05, 3.63) is 0 Å². The molecule has 328 valence electrons. The molecule has 0 aromatic heterocycles. The predicted molar refractivity (Wildman–Crippen MR) is 239 cm³/mol. The van der Waals surface area contributed by atoms with Gasteiger partial charge in [0.25, 0.3) is 0 Å². The van der Waals surface area contributed by atoms with Crippen molar-refractivity contribution < 1.29 is 27.1 Å². The average Bonchev–Trinajstić information content (AvgIpc) is 3.19. The fourth-order valence-electron chi connectivity index (χ4n) is 8.68. The van der Waals surface area contributed by atoms with Gasteiger partial charge in [-0.25, -0.2) is 0 Å². The molecule has 0 bridgehead atoms. The van der Waals surface area contributed by atoms with Gasteiger partial charge in [0.1, 0.15) is 0 Å². The molecule has 0 N–H and O–H groups in total. The second kappa shape index (κ2) is 35.4. The van der Waals surface area contributed by atoms with Crippen LogP contribution in [-0.4, -0.2) is 38.6 Å². The number of hydrogen-bond acceptors (Lipinski definition) is 6. The highest BCUT2D eigenvalue weighted by Gasteiger charge is 2.41. The molecule has 2 aliphatic rings. The molecule has 0 aliphatic heterocycles. The number of unbranched alkanes of at least 4 members (excludes halogenated alkanes) is 20. The van der Waals surface area contributed by atoms with Gasteiger partial charge in [-0.05, 0) is 94.3 Å². The van der Waals surface area contributed by atoms with E-state index in [1.54, 1.807) is 0 Å². The lowest BCUT2D eigenvalue weighted by molar-refractivity contribution is 0.00223. The first-order valence-electron chi connectivity index (χ1n) is 24.4. The molecule has 0 radical (unpaired) electrons. The second-order valence-corrected chi connectivity index (χ2v) is 20.2. The largest absolute Gasteiger partial charge is 0.332 e. The van der Waals surface area contributed by atoms with Crippen molar-refractivity contribution >= 4 is 17.2 Å². The van der Waals surface area contributed by atoms with Crippen LogP contribution >= 0.6 is 17.2 Å². The number of hydrogen-bond donors (Lipinski definition) is 0. The molecule has 0 aromatic carbocycles. The molecule has 2 saturated carbocycles. The number of rotatable bonds is 38. The maximum atomic E-state index is 6.63. The van der Waals surface area contributed by atoms with Gasteiger partial charge in [0.05, 0.1) is 38.6 Å². The second-order valence-electron chi connectivity index (χ2n) is 17.8. The van der Waals surface area contributed by atoms with Gasteiger partial charge in [0.2, 0.25) is 0 Å². The first-order valence-corrected chi connectivity index (χ1v) is 26.6. The molecule has 0 aromatic rings. The van der Waals surface area contributed by atoms with E-state index in [1.165, 1.54) is 154 Å². The van der Waals surface area contributed by atoms with Gasteiger partial charge in [0, 0.05) is 0 Å². The molecule has 0 atom stereocenters. The molecule has 0 heterocycles. The van der Waals surface area contributed by atoms with Crippen molar-refractivity contribution in [2.75, 3.05) is 26.4 Å². The summed E-state index contributed by atoms with van der Waals surface area (Å²) in [6.07, 6.45) is 40.6. The highest BCUT2D eigenvalue weighted by Crippen LogP contribution is 2.52. The lowest BCUT2D eigenvalue weighted by atomic mass is 9.60. The van der Waals surface area contributed by atoms with Crippen LogP contribution in [0.1, 0.15) is 247 Å². The summed E-state index contributed by atoms with van der Waals surface area (Å²) in [6.45, 7) is 17.3. The summed E-state index contributed by atoms with van der Waals surface area (Å²) < 4.78 is 38.5. The van der Waals surface area contributed by atoms with E-state index >= 15 is 0 Å². The molecule has 2 aliphatic carbocycles. The third-order valence-electron chi connectivity index (χ3n) is 12.7. The van der Waals surface area contributed by atoms with Gasteiger partial charge in [0.15, 0.2) is 0 Å². The Morgan fingerprint density at radius 3 is 0.836 bits per heavy atom. The molecule has 0 saturated heterocycles. The van der Waals surface area contributed by atoms with E-state index < -0.39 is 17.2 Å². The first kappa shape index (κ1) is 51.8. The molecular formula is C47H94O6P2. The molecule has 6 nitrogen and oxygen atoms in total. The smallest absolute Gasteiger partial charge is 0.312 e. The highest BCUT2D eigenvalue weighted by atomic mass is 31.2. The van der Waals surface area contributed by atoms with E-state index in [-0.39, 0.29) is 12.2 Å². The van der Waals surface area contributed by atoms with Crippen molar-refractivity contribution in [3.63, 3.8) is 0 Å². The van der Waals surface area contributed by atoms with Crippen LogP contribution in [0.15, 0.2) is 0 Å². The van der Waals surface area contributed by atoms with Crippen LogP contribution in [-0.2, 0) is 27.1 Å². The Bertz CT molecular complexity index is 717. The zero-order valence-corrected chi connectivity index (χ0v) is 39.4. The van der Waals surface area contributed by atoms with Crippen molar-refractivity contribution in [1.29, 1.82) is 0 Å². The Labute approximate surface area is 346 Å². The Morgan fingerprint density at radius 1 is 0.345 bits per heavy atom. The van der Waals surface area contributed by atoms with Crippen LogP contribution in [0, 0.1) is 17.3 Å². The van der Waals surface area contributed by atoms with Crippen LogP contribution < -0.4 is 0 Å². The van der Waals surface area contributed by atoms with Gasteiger partial charge in [-0.1, -0.05) is 170 Å².